The molecule has 2 heterocycles. The van der Waals surface area contributed by atoms with Gasteiger partial charge in [-0.3, -0.25) is 0 Å². The Hall–Kier alpha value is -1.20. The van der Waals surface area contributed by atoms with Crippen LogP contribution in [0.1, 0.15) is 5.56 Å². The Kier molecular flexibility index (Phi) is 3.36. The van der Waals surface area contributed by atoms with E-state index < -0.39 is 5.95 Å². The number of methoxy groups -OCH3 is 1. The van der Waals surface area contributed by atoms with Crippen LogP contribution in [0, 0.1) is 5.95 Å². The first-order valence-corrected chi connectivity index (χ1v) is 5.89. The maximum absolute atomic E-state index is 13.3. The van der Waals surface area contributed by atoms with Gasteiger partial charge in [0.1, 0.15) is 4.83 Å². The predicted molar refractivity (Wildman–Crippen MR) is 63.8 cm³/mol. The Bertz CT molecular complexity index is 498. The third kappa shape index (κ3) is 2.01. The molecule has 0 amide bonds. The summed E-state index contributed by atoms with van der Waals surface area (Å²) in [6.45, 7) is 0.894. The van der Waals surface area contributed by atoms with E-state index in [2.05, 4.69) is 10.3 Å². The lowest BCUT2D eigenvalue weighted by Crippen LogP contribution is -2.09. The number of rotatable bonds is 4. The number of halogens is 1. The fourth-order valence-corrected chi connectivity index (χ4v) is 2.51. The van der Waals surface area contributed by atoms with Crippen molar-refractivity contribution in [3.05, 3.63) is 23.0 Å². The van der Waals surface area contributed by atoms with Crippen molar-refractivity contribution < 1.29 is 9.13 Å². The van der Waals surface area contributed by atoms with E-state index in [0.29, 0.717) is 0 Å². The lowest BCUT2D eigenvalue weighted by atomic mass is 10.1. The van der Waals surface area contributed by atoms with Crippen molar-refractivity contribution >= 4 is 21.6 Å². The number of likely N-dealkylation sites (N-methyl/N-ethyl adjacent to an activating group) is 1. The third-order valence-electron chi connectivity index (χ3n) is 2.43. The number of pyridine rings is 1. The summed E-state index contributed by atoms with van der Waals surface area (Å²) in [5.41, 5.74) is 1.18. The van der Waals surface area contributed by atoms with E-state index in [0.717, 1.165) is 23.2 Å². The molecule has 86 valence electrons. The van der Waals surface area contributed by atoms with Crippen LogP contribution in [0.3, 0.4) is 0 Å². The Morgan fingerprint density at radius 2 is 2.38 bits per heavy atom. The number of nitrogens with zero attached hydrogens (tertiary/aromatic N) is 1. The summed E-state index contributed by atoms with van der Waals surface area (Å²) < 4.78 is 18.3. The Balaban J connectivity index is 2.45. The molecule has 0 aromatic carbocycles. The van der Waals surface area contributed by atoms with E-state index in [1.54, 1.807) is 6.07 Å². The number of fused-ring (bicyclic) bond motifs is 1. The molecule has 0 aliphatic carbocycles. The number of aromatic nitrogens is 1. The topological polar surface area (TPSA) is 34.2 Å². The zero-order chi connectivity index (χ0) is 11.5. The quantitative estimate of drug-likeness (QED) is 0.832. The van der Waals surface area contributed by atoms with Gasteiger partial charge in [-0.15, -0.1) is 11.3 Å². The minimum absolute atomic E-state index is 0.205. The van der Waals surface area contributed by atoms with E-state index in [-0.39, 0.29) is 5.75 Å². The molecule has 0 unspecified atom stereocenters. The number of thiophene rings is 1. The van der Waals surface area contributed by atoms with Crippen LogP contribution in [0.5, 0.6) is 5.75 Å². The molecule has 2 aromatic rings. The molecule has 2 rings (SSSR count). The summed E-state index contributed by atoms with van der Waals surface area (Å²) in [4.78, 5) is 4.61. The molecule has 2 aromatic heterocycles. The van der Waals surface area contributed by atoms with Gasteiger partial charge in [0.2, 0.25) is 0 Å². The molecular formula is C11H13FN2OS. The first kappa shape index (κ1) is 11.3. The molecule has 1 N–H and O–H groups in total. The number of nitrogens with one attached hydrogen (secondary N) is 1. The second-order valence-electron chi connectivity index (χ2n) is 3.45. The van der Waals surface area contributed by atoms with Gasteiger partial charge in [0.15, 0.2) is 5.75 Å². The maximum atomic E-state index is 13.3. The zero-order valence-electron chi connectivity index (χ0n) is 9.21. The van der Waals surface area contributed by atoms with Gasteiger partial charge in [0, 0.05) is 5.39 Å². The molecule has 3 nitrogen and oxygen atoms in total. The van der Waals surface area contributed by atoms with Gasteiger partial charge in [0.05, 0.1) is 7.11 Å². The number of hydrogen-bond donors (Lipinski definition) is 1. The van der Waals surface area contributed by atoms with Crippen molar-refractivity contribution in [1.29, 1.82) is 0 Å². The molecular weight excluding hydrogens is 227 g/mol. The second kappa shape index (κ2) is 4.76. The molecule has 0 aliphatic rings. The molecule has 0 saturated heterocycles. The van der Waals surface area contributed by atoms with Crippen LogP contribution >= 0.6 is 11.3 Å². The Morgan fingerprint density at radius 3 is 3.06 bits per heavy atom. The normalized spacial score (nSPS) is 10.9. The van der Waals surface area contributed by atoms with Gasteiger partial charge in [-0.2, -0.15) is 4.39 Å². The standard InChI is InChI=1S/C11H13FN2OS/c1-13-4-3-7-6-16-11-8(7)5-9(15-2)10(12)14-11/h5-6,13H,3-4H2,1-2H3. The summed E-state index contributed by atoms with van der Waals surface area (Å²) in [7, 11) is 3.36. The zero-order valence-corrected chi connectivity index (χ0v) is 10.0. The molecule has 0 bridgehead atoms. The van der Waals surface area contributed by atoms with Crippen LogP contribution < -0.4 is 10.1 Å². The minimum Gasteiger partial charge on any atom is -0.492 e. The fourth-order valence-electron chi connectivity index (χ4n) is 1.56. The van der Waals surface area contributed by atoms with Crippen LogP contribution in [-0.4, -0.2) is 25.7 Å². The van der Waals surface area contributed by atoms with Crippen molar-refractivity contribution in [1.82, 2.24) is 10.3 Å². The lowest BCUT2D eigenvalue weighted by molar-refractivity contribution is 0.379. The van der Waals surface area contributed by atoms with Crippen LogP contribution in [0.4, 0.5) is 4.39 Å². The molecule has 0 radical (unpaired) electrons. The van der Waals surface area contributed by atoms with E-state index in [4.69, 9.17) is 4.74 Å². The van der Waals surface area contributed by atoms with Crippen molar-refractivity contribution in [2.45, 2.75) is 6.42 Å². The third-order valence-corrected chi connectivity index (χ3v) is 3.37. The summed E-state index contributed by atoms with van der Waals surface area (Å²) in [5, 5.41) is 6.10. The average molecular weight is 240 g/mol. The monoisotopic (exact) mass is 240 g/mol. The first-order chi connectivity index (χ1) is 7.76. The summed E-state index contributed by atoms with van der Waals surface area (Å²) in [6, 6.07) is 1.72. The van der Waals surface area contributed by atoms with E-state index in [9.17, 15) is 4.39 Å². The van der Waals surface area contributed by atoms with E-state index >= 15 is 0 Å². The van der Waals surface area contributed by atoms with Gasteiger partial charge in [-0.1, -0.05) is 0 Å². The molecule has 0 atom stereocenters. The fraction of sp³-hybridized carbons (Fsp3) is 0.364. The van der Waals surface area contributed by atoms with Crippen molar-refractivity contribution in [3.63, 3.8) is 0 Å². The number of ether oxygens (including phenoxy) is 1. The van der Waals surface area contributed by atoms with Gasteiger partial charge in [0.25, 0.3) is 5.95 Å². The highest BCUT2D eigenvalue weighted by molar-refractivity contribution is 7.16. The highest BCUT2D eigenvalue weighted by Crippen LogP contribution is 2.29. The highest BCUT2D eigenvalue weighted by Gasteiger charge is 2.11. The molecule has 16 heavy (non-hydrogen) atoms. The van der Waals surface area contributed by atoms with Crippen LogP contribution in [0.25, 0.3) is 10.2 Å². The Labute approximate surface area is 97.3 Å². The highest BCUT2D eigenvalue weighted by atomic mass is 32.1. The smallest absolute Gasteiger partial charge is 0.256 e. The van der Waals surface area contributed by atoms with Crippen LogP contribution in [0.2, 0.25) is 0 Å². The molecule has 5 heteroatoms. The van der Waals surface area contributed by atoms with Crippen molar-refractivity contribution in [2.24, 2.45) is 0 Å². The second-order valence-corrected chi connectivity index (χ2v) is 4.31. The van der Waals surface area contributed by atoms with Crippen LogP contribution in [0.15, 0.2) is 11.4 Å². The van der Waals surface area contributed by atoms with E-state index in [1.165, 1.54) is 24.0 Å². The van der Waals surface area contributed by atoms with Crippen molar-refractivity contribution in [3.8, 4) is 5.75 Å². The SMILES string of the molecule is CNCCc1csc2nc(F)c(OC)cc12. The van der Waals surface area contributed by atoms with Gasteiger partial charge >= 0.3 is 0 Å². The number of hydrogen-bond acceptors (Lipinski definition) is 4. The van der Waals surface area contributed by atoms with E-state index in [1.807, 2.05) is 12.4 Å². The largest absolute Gasteiger partial charge is 0.492 e. The molecule has 0 fully saturated rings. The maximum Gasteiger partial charge on any atom is 0.256 e. The van der Waals surface area contributed by atoms with Crippen LogP contribution in [-0.2, 0) is 6.42 Å². The molecule has 0 aliphatic heterocycles. The molecule has 0 spiro atoms. The van der Waals surface area contributed by atoms with Gasteiger partial charge < -0.3 is 10.1 Å². The lowest BCUT2D eigenvalue weighted by Gasteiger charge is -2.02. The van der Waals surface area contributed by atoms with Gasteiger partial charge in [-0.25, -0.2) is 4.98 Å². The first-order valence-electron chi connectivity index (χ1n) is 5.01. The minimum atomic E-state index is -0.544. The summed E-state index contributed by atoms with van der Waals surface area (Å²) in [5.74, 6) is -0.339. The van der Waals surface area contributed by atoms with Crippen molar-refractivity contribution in [2.75, 3.05) is 20.7 Å². The summed E-state index contributed by atoms with van der Waals surface area (Å²) in [6.07, 6.45) is 0.910. The summed E-state index contributed by atoms with van der Waals surface area (Å²) >= 11 is 1.46. The molecule has 0 saturated carbocycles. The van der Waals surface area contributed by atoms with Gasteiger partial charge in [-0.05, 0) is 37.0 Å². The average Bonchev–Trinajstić information content (AvgIpc) is 2.67. The Morgan fingerprint density at radius 1 is 1.56 bits per heavy atom. The predicted octanol–water partition coefficient (Wildman–Crippen LogP) is 2.21.